The zero-order valence-corrected chi connectivity index (χ0v) is 13.6. The summed E-state index contributed by atoms with van der Waals surface area (Å²) in [5.74, 6) is 0. The Hall–Kier alpha value is 0.324. The van der Waals surface area contributed by atoms with Crippen LogP contribution in [-0.2, 0) is 13.0 Å². The Morgan fingerprint density at radius 3 is 1.60 bits per heavy atom. The Kier molecular flexibility index (Phi) is 5.21. The van der Waals surface area contributed by atoms with Crippen molar-refractivity contribution in [1.29, 1.82) is 0 Å². The molecule has 0 aliphatic carbocycles. The molecule has 0 bridgehead atoms. The molecule has 0 saturated carbocycles. The molecule has 0 aromatic rings. The van der Waals surface area contributed by atoms with Crippen LogP contribution in [0.15, 0.2) is 12.7 Å². The molecule has 0 radical (unpaired) electrons. The fourth-order valence-corrected chi connectivity index (χ4v) is 9.16. The lowest BCUT2D eigenvalue weighted by molar-refractivity contribution is 0.387. The van der Waals surface area contributed by atoms with Crippen LogP contribution >= 0.6 is 7.60 Å². The topological polar surface area (TPSA) is 35.5 Å². The summed E-state index contributed by atoms with van der Waals surface area (Å²) < 4.78 is 23.8. The fraction of sp³-hybridized carbons (Fsp3) is 0.778. The monoisotopic (exact) mass is 266 g/mol. The zero-order chi connectivity index (χ0) is 12.3. The van der Waals surface area contributed by atoms with E-state index in [0.717, 1.165) is 0 Å². The second kappa shape index (κ2) is 5.10. The van der Waals surface area contributed by atoms with E-state index in [1.165, 1.54) is 0 Å². The lowest BCUT2D eigenvalue weighted by Crippen LogP contribution is -2.30. The summed E-state index contributed by atoms with van der Waals surface area (Å²) in [5, 5.41) is 0. The summed E-state index contributed by atoms with van der Waals surface area (Å²) in [4.78, 5) is 0. The first-order valence-electron chi connectivity index (χ1n) is 5.09. The first-order valence-corrected chi connectivity index (χ1v) is 13.6. The third-order valence-corrected chi connectivity index (χ3v) is 8.49. The largest absolute Gasteiger partial charge is 0.351 e. The highest BCUT2D eigenvalue weighted by molar-refractivity contribution is 7.57. The lowest BCUT2D eigenvalue weighted by Gasteiger charge is -2.30. The van der Waals surface area contributed by atoms with Gasteiger partial charge in [0.2, 0.25) is 0 Å². The molecule has 0 aromatic heterocycles. The van der Waals surface area contributed by atoms with Crippen LogP contribution in [0, 0.1) is 0 Å². The van der Waals surface area contributed by atoms with Crippen molar-refractivity contribution in [3.8, 4) is 0 Å². The molecule has 0 aliphatic heterocycles. The van der Waals surface area contributed by atoms with Gasteiger partial charge in [-0.15, -0.1) is 6.58 Å². The molecule has 0 spiro atoms. The minimum Gasteiger partial charge on any atom is -0.351 e. The van der Waals surface area contributed by atoms with Gasteiger partial charge in [-0.1, -0.05) is 6.08 Å². The van der Waals surface area contributed by atoms with Crippen LogP contribution in [0.3, 0.4) is 0 Å². The van der Waals surface area contributed by atoms with E-state index < -0.39 is 24.2 Å². The second-order valence-corrected chi connectivity index (χ2v) is 17.0. The molecule has 90 valence electrons. The maximum absolute atomic E-state index is 12.4. The van der Waals surface area contributed by atoms with Crippen LogP contribution in [-0.4, -0.2) is 22.8 Å². The highest BCUT2D eigenvalue weighted by Crippen LogP contribution is 2.52. The van der Waals surface area contributed by atoms with Gasteiger partial charge in [-0.05, 0) is 39.3 Å². The predicted octanol–water partition coefficient (Wildman–Crippen LogP) is 4.07. The molecule has 0 rings (SSSR count). The first kappa shape index (κ1) is 15.3. The van der Waals surface area contributed by atoms with Gasteiger partial charge in [0.1, 0.15) is 0 Å². The summed E-state index contributed by atoms with van der Waals surface area (Å²) in [5.41, 5.74) is 0. The Bertz CT molecular complexity index is 246. The minimum absolute atomic E-state index is 0.307. The number of allylic oxidation sites excluding steroid dienone is 1. The summed E-state index contributed by atoms with van der Waals surface area (Å²) in [6, 6.07) is 0. The second-order valence-electron chi connectivity index (χ2n) is 5.49. The van der Waals surface area contributed by atoms with E-state index in [-0.39, 0.29) is 0 Å². The van der Waals surface area contributed by atoms with Crippen molar-refractivity contribution in [3.63, 3.8) is 0 Å². The van der Waals surface area contributed by atoms with E-state index in [0.29, 0.717) is 6.16 Å². The maximum atomic E-state index is 12.4. The van der Waals surface area contributed by atoms with Crippen molar-refractivity contribution in [2.45, 2.75) is 39.3 Å². The van der Waals surface area contributed by atoms with Crippen molar-refractivity contribution < 1.29 is 13.0 Å². The highest BCUT2D eigenvalue weighted by atomic mass is 31.2. The molecular formula is C9H23O3PSi2. The van der Waals surface area contributed by atoms with E-state index in [2.05, 4.69) is 6.58 Å². The quantitative estimate of drug-likeness (QED) is 0.413. The van der Waals surface area contributed by atoms with Crippen molar-refractivity contribution >= 4 is 24.2 Å². The molecule has 3 nitrogen and oxygen atoms in total. The third-order valence-electron chi connectivity index (χ3n) is 1.18. The van der Waals surface area contributed by atoms with Gasteiger partial charge >= 0.3 is 7.60 Å². The summed E-state index contributed by atoms with van der Waals surface area (Å²) in [7, 11) is -6.64. The van der Waals surface area contributed by atoms with E-state index in [4.69, 9.17) is 8.43 Å². The molecule has 0 aliphatic rings. The molecule has 0 amide bonds. The molecule has 0 unspecified atom stereocenters. The smallest absolute Gasteiger partial charge is 0.315 e. The normalized spacial score (nSPS) is 14.0. The maximum Gasteiger partial charge on any atom is 0.315 e. The zero-order valence-electron chi connectivity index (χ0n) is 10.7. The van der Waals surface area contributed by atoms with Crippen LogP contribution in [0.25, 0.3) is 0 Å². The predicted molar refractivity (Wildman–Crippen MR) is 71.5 cm³/mol. The summed E-state index contributed by atoms with van der Waals surface area (Å²) >= 11 is 0. The SMILES string of the molecule is C=CCP(=O)(O[Si](C)(C)C)O[Si](C)(C)C. The minimum atomic E-state index is -2.96. The molecule has 0 heterocycles. The third kappa shape index (κ3) is 8.16. The Morgan fingerprint density at radius 2 is 1.40 bits per heavy atom. The van der Waals surface area contributed by atoms with Crippen molar-refractivity contribution in [3.05, 3.63) is 12.7 Å². The van der Waals surface area contributed by atoms with E-state index in [9.17, 15) is 4.57 Å². The molecule has 0 saturated heterocycles. The van der Waals surface area contributed by atoms with Gasteiger partial charge in [-0.2, -0.15) is 0 Å². The van der Waals surface area contributed by atoms with Gasteiger partial charge < -0.3 is 8.43 Å². The van der Waals surface area contributed by atoms with E-state index in [1.807, 2.05) is 39.3 Å². The van der Waals surface area contributed by atoms with Crippen LogP contribution in [0.1, 0.15) is 0 Å². The Morgan fingerprint density at radius 1 is 1.07 bits per heavy atom. The average Bonchev–Trinajstić information content (AvgIpc) is 1.74. The number of hydrogen-bond donors (Lipinski definition) is 0. The van der Waals surface area contributed by atoms with Crippen LogP contribution in [0.4, 0.5) is 0 Å². The van der Waals surface area contributed by atoms with Crippen LogP contribution < -0.4 is 0 Å². The summed E-state index contributed by atoms with van der Waals surface area (Å²) in [6.45, 7) is 15.7. The number of hydrogen-bond acceptors (Lipinski definition) is 3. The van der Waals surface area contributed by atoms with E-state index in [1.54, 1.807) is 6.08 Å². The van der Waals surface area contributed by atoms with Gasteiger partial charge in [0.25, 0.3) is 0 Å². The summed E-state index contributed by atoms with van der Waals surface area (Å²) in [6.07, 6.45) is 1.92. The Labute approximate surface area is 95.7 Å². The van der Waals surface area contributed by atoms with Gasteiger partial charge in [0.05, 0.1) is 6.16 Å². The van der Waals surface area contributed by atoms with E-state index >= 15 is 0 Å². The Balaban J connectivity index is 4.75. The van der Waals surface area contributed by atoms with Gasteiger partial charge in [0.15, 0.2) is 16.6 Å². The number of rotatable bonds is 6. The highest BCUT2D eigenvalue weighted by Gasteiger charge is 2.35. The fourth-order valence-electron chi connectivity index (χ4n) is 1.09. The molecule has 0 atom stereocenters. The molecule has 6 heteroatoms. The standard InChI is InChI=1S/C9H23O3PSi2/c1-8-9-13(10,11-14(2,3)4)12-15(5,6)7/h8H,1,9H2,2-7H3. The average molecular weight is 266 g/mol. The molecule has 0 aromatic carbocycles. The van der Waals surface area contributed by atoms with Crippen molar-refractivity contribution in [1.82, 2.24) is 0 Å². The molecule has 15 heavy (non-hydrogen) atoms. The molecular weight excluding hydrogens is 243 g/mol. The molecule has 0 N–H and O–H groups in total. The van der Waals surface area contributed by atoms with Gasteiger partial charge in [0, 0.05) is 0 Å². The van der Waals surface area contributed by atoms with Crippen molar-refractivity contribution in [2.75, 3.05) is 6.16 Å². The first-order chi connectivity index (χ1) is 6.47. The lowest BCUT2D eigenvalue weighted by atomic mass is 10.8. The van der Waals surface area contributed by atoms with Crippen LogP contribution in [0.2, 0.25) is 39.3 Å². The van der Waals surface area contributed by atoms with Gasteiger partial charge in [-0.3, -0.25) is 4.57 Å². The van der Waals surface area contributed by atoms with Crippen LogP contribution in [0.5, 0.6) is 0 Å². The van der Waals surface area contributed by atoms with Crippen molar-refractivity contribution in [2.24, 2.45) is 0 Å². The molecule has 0 fully saturated rings. The van der Waals surface area contributed by atoms with Gasteiger partial charge in [-0.25, -0.2) is 0 Å².